The van der Waals surface area contributed by atoms with Gasteiger partial charge < -0.3 is 4.74 Å². The molecule has 4 heteroatoms. The number of hydrogen-bond acceptors (Lipinski definition) is 4. The van der Waals surface area contributed by atoms with Crippen molar-refractivity contribution in [3.8, 4) is 0 Å². The lowest BCUT2D eigenvalue weighted by Crippen LogP contribution is -2.62. The molecule has 2 heterocycles. The minimum atomic E-state index is -0.343. The van der Waals surface area contributed by atoms with Crippen molar-refractivity contribution in [2.75, 3.05) is 0 Å². The molecular formula is C30H44O4. The van der Waals surface area contributed by atoms with Crippen molar-refractivity contribution in [3.63, 3.8) is 0 Å². The van der Waals surface area contributed by atoms with Crippen molar-refractivity contribution in [1.29, 1.82) is 0 Å². The standard InChI is InChI=1S/C30H44O4/c1-18(2)19(3)8-9-20(4)24-13-15-30-25-11-10-22-16-23(32-21(5)31)12-14-28(22,6)27(25)26(33-34-30)17-29(24,30)7/h8-11,18-20,22-24,26H,12-17H2,1-7H3/b9-8+. The third-order valence-corrected chi connectivity index (χ3v) is 10.7. The first kappa shape index (κ1) is 24.3. The van der Waals surface area contributed by atoms with Gasteiger partial charge in [-0.2, -0.15) is 0 Å². The molecule has 4 aliphatic carbocycles. The maximum Gasteiger partial charge on any atom is 0.302 e. The van der Waals surface area contributed by atoms with Crippen LogP contribution < -0.4 is 0 Å². The molecule has 188 valence electrons. The summed E-state index contributed by atoms with van der Waals surface area (Å²) in [4.78, 5) is 24.1. The Bertz CT molecular complexity index is 930. The maximum absolute atomic E-state index is 11.6. The summed E-state index contributed by atoms with van der Waals surface area (Å²) in [6, 6.07) is 0. The molecule has 3 fully saturated rings. The molecule has 1 spiro atoms. The van der Waals surface area contributed by atoms with E-state index in [0.29, 0.717) is 29.6 Å². The predicted octanol–water partition coefficient (Wildman–Crippen LogP) is 6.96. The highest BCUT2D eigenvalue weighted by atomic mass is 17.2. The summed E-state index contributed by atoms with van der Waals surface area (Å²) in [6.45, 7) is 15.7. The first-order valence-corrected chi connectivity index (χ1v) is 13.6. The van der Waals surface area contributed by atoms with E-state index in [4.69, 9.17) is 14.5 Å². The van der Waals surface area contributed by atoms with Gasteiger partial charge in [0, 0.05) is 12.3 Å². The molecule has 6 rings (SSSR count). The number of allylic oxidation sites excluding steroid dienone is 3. The van der Waals surface area contributed by atoms with E-state index in [1.807, 2.05) is 0 Å². The van der Waals surface area contributed by atoms with E-state index in [0.717, 1.165) is 32.1 Å². The fourth-order valence-electron chi connectivity index (χ4n) is 8.24. The fraction of sp³-hybridized carbons (Fsp3) is 0.767. The second-order valence-corrected chi connectivity index (χ2v) is 12.8. The summed E-state index contributed by atoms with van der Waals surface area (Å²) in [6.07, 6.45) is 15.8. The summed E-state index contributed by atoms with van der Waals surface area (Å²) < 4.78 is 5.61. The largest absolute Gasteiger partial charge is 0.463 e. The molecule has 0 aromatic heterocycles. The number of esters is 1. The van der Waals surface area contributed by atoms with Crippen molar-refractivity contribution in [2.45, 2.75) is 105 Å². The van der Waals surface area contributed by atoms with Crippen LogP contribution in [-0.2, 0) is 19.3 Å². The lowest BCUT2D eigenvalue weighted by Gasteiger charge is -2.61. The molecule has 0 aromatic carbocycles. The van der Waals surface area contributed by atoms with Gasteiger partial charge in [0.15, 0.2) is 0 Å². The van der Waals surface area contributed by atoms with Gasteiger partial charge >= 0.3 is 5.97 Å². The summed E-state index contributed by atoms with van der Waals surface area (Å²) >= 11 is 0. The van der Waals surface area contributed by atoms with Crippen LogP contribution in [0.4, 0.5) is 0 Å². The number of ether oxygens (including phenoxy) is 1. The monoisotopic (exact) mass is 468 g/mol. The van der Waals surface area contributed by atoms with E-state index >= 15 is 0 Å². The quantitative estimate of drug-likeness (QED) is 0.248. The summed E-state index contributed by atoms with van der Waals surface area (Å²) in [5, 5.41) is 0. The Hall–Kier alpha value is -1.39. The number of carbonyl (C=O) groups excluding carboxylic acids is 1. The van der Waals surface area contributed by atoms with Gasteiger partial charge in [-0.05, 0) is 84.7 Å². The molecule has 34 heavy (non-hydrogen) atoms. The van der Waals surface area contributed by atoms with Crippen LogP contribution in [0.5, 0.6) is 0 Å². The molecule has 2 aliphatic heterocycles. The smallest absolute Gasteiger partial charge is 0.302 e. The second-order valence-electron chi connectivity index (χ2n) is 12.8. The molecule has 2 bridgehead atoms. The topological polar surface area (TPSA) is 44.8 Å². The molecule has 0 amide bonds. The van der Waals surface area contributed by atoms with Crippen LogP contribution in [0.2, 0.25) is 0 Å². The first-order chi connectivity index (χ1) is 16.0. The molecule has 6 aliphatic rings. The fourth-order valence-corrected chi connectivity index (χ4v) is 8.24. The zero-order chi connectivity index (χ0) is 24.5. The van der Waals surface area contributed by atoms with Gasteiger partial charge in [0.25, 0.3) is 0 Å². The van der Waals surface area contributed by atoms with E-state index in [1.165, 1.54) is 24.5 Å². The first-order valence-electron chi connectivity index (χ1n) is 13.6. The minimum Gasteiger partial charge on any atom is -0.463 e. The Labute approximate surface area is 206 Å². The van der Waals surface area contributed by atoms with Gasteiger partial charge in [-0.3, -0.25) is 4.79 Å². The van der Waals surface area contributed by atoms with Crippen LogP contribution in [0.1, 0.15) is 87.0 Å². The lowest BCUT2D eigenvalue weighted by molar-refractivity contribution is -0.432. The second kappa shape index (κ2) is 8.34. The molecule has 9 unspecified atom stereocenters. The van der Waals surface area contributed by atoms with Gasteiger partial charge in [0.1, 0.15) is 17.8 Å². The zero-order valence-electron chi connectivity index (χ0n) is 22.2. The molecular weight excluding hydrogens is 424 g/mol. The number of fused-ring (bicyclic) bond motifs is 2. The molecule has 0 N–H and O–H groups in total. The Morgan fingerprint density at radius 1 is 1.15 bits per heavy atom. The summed E-state index contributed by atoms with van der Waals surface area (Å²) in [5.74, 6) is 2.59. The average Bonchev–Trinajstić information content (AvgIpc) is 3.09. The molecule has 1 saturated heterocycles. The summed E-state index contributed by atoms with van der Waals surface area (Å²) in [7, 11) is 0. The molecule has 0 aromatic rings. The lowest BCUT2D eigenvalue weighted by atomic mass is 9.49. The van der Waals surface area contributed by atoms with Crippen LogP contribution in [0.15, 0.2) is 35.5 Å². The Balaban J connectivity index is 1.45. The van der Waals surface area contributed by atoms with Crippen molar-refractivity contribution >= 4 is 5.97 Å². The van der Waals surface area contributed by atoms with Gasteiger partial charge in [0.05, 0.1) is 0 Å². The van der Waals surface area contributed by atoms with Crippen LogP contribution in [0, 0.1) is 40.4 Å². The van der Waals surface area contributed by atoms with E-state index in [2.05, 4.69) is 65.8 Å². The number of hydrogen-bond donors (Lipinski definition) is 0. The van der Waals surface area contributed by atoms with Crippen molar-refractivity contribution in [2.24, 2.45) is 40.4 Å². The molecule has 2 saturated carbocycles. The highest BCUT2D eigenvalue weighted by Crippen LogP contribution is 2.70. The SMILES string of the molecule is CC(=O)OC1CCC2(C)C3=C(C=CC2C1)C12CCC(C(C)/C=C/C(C)C(C)C)C1(C)CC3OO2. The van der Waals surface area contributed by atoms with E-state index in [9.17, 15) is 4.79 Å². The normalized spacial score (nSPS) is 44.7. The Kier molecular flexibility index (Phi) is 5.96. The van der Waals surface area contributed by atoms with Gasteiger partial charge in [-0.15, -0.1) is 0 Å². The van der Waals surface area contributed by atoms with E-state index in [-0.39, 0.29) is 34.6 Å². The van der Waals surface area contributed by atoms with Crippen LogP contribution in [0.3, 0.4) is 0 Å². The number of rotatable bonds is 5. The third-order valence-electron chi connectivity index (χ3n) is 10.7. The highest BCUT2D eigenvalue weighted by molar-refractivity contribution is 5.66. The Morgan fingerprint density at radius 3 is 2.62 bits per heavy atom. The molecule has 0 radical (unpaired) electrons. The summed E-state index contributed by atoms with van der Waals surface area (Å²) in [5.41, 5.74) is 2.69. The van der Waals surface area contributed by atoms with Crippen molar-refractivity contribution in [1.82, 2.24) is 0 Å². The van der Waals surface area contributed by atoms with Gasteiger partial charge in [-0.25, -0.2) is 9.78 Å². The van der Waals surface area contributed by atoms with Crippen LogP contribution >= 0.6 is 0 Å². The minimum absolute atomic E-state index is 0.0240. The van der Waals surface area contributed by atoms with E-state index < -0.39 is 0 Å². The molecule has 4 nitrogen and oxygen atoms in total. The third kappa shape index (κ3) is 3.42. The van der Waals surface area contributed by atoms with Crippen LogP contribution in [0.25, 0.3) is 0 Å². The Morgan fingerprint density at radius 2 is 1.91 bits per heavy atom. The number of carbonyl (C=O) groups is 1. The predicted molar refractivity (Wildman–Crippen MR) is 134 cm³/mol. The maximum atomic E-state index is 11.6. The van der Waals surface area contributed by atoms with Crippen molar-refractivity contribution < 1.29 is 19.3 Å². The van der Waals surface area contributed by atoms with E-state index in [1.54, 1.807) is 0 Å². The van der Waals surface area contributed by atoms with Gasteiger partial charge in [-0.1, -0.05) is 65.8 Å². The molecule has 9 atom stereocenters. The highest BCUT2D eigenvalue weighted by Gasteiger charge is 2.70. The van der Waals surface area contributed by atoms with Gasteiger partial charge in [0.2, 0.25) is 0 Å². The van der Waals surface area contributed by atoms with Crippen molar-refractivity contribution in [3.05, 3.63) is 35.5 Å². The van der Waals surface area contributed by atoms with Crippen LogP contribution in [-0.4, -0.2) is 23.8 Å². The average molecular weight is 469 g/mol. The zero-order valence-corrected chi connectivity index (χ0v) is 22.2.